The van der Waals surface area contributed by atoms with Gasteiger partial charge in [0, 0.05) is 11.9 Å². The molecule has 0 bridgehead atoms. The monoisotopic (exact) mass is 258 g/mol. The standard InChI is InChI=1S/C13H14N4O2/c14-6-3-7-17-9-5-2-1-4-8(9)11-10(13(17)19)12(18)16-15-11/h1-2,4-5H,3,6-7,14H2,(H2,15,16,18). The van der Waals surface area contributed by atoms with Crippen LogP contribution in [0.15, 0.2) is 33.9 Å². The summed E-state index contributed by atoms with van der Waals surface area (Å²) in [5, 5.41) is 6.28. The number of H-pyrrole nitrogens is 2. The Labute approximate surface area is 107 Å². The Morgan fingerprint density at radius 1 is 1.16 bits per heavy atom. The Morgan fingerprint density at radius 3 is 2.74 bits per heavy atom. The van der Waals surface area contributed by atoms with E-state index in [9.17, 15) is 9.59 Å². The molecule has 2 heterocycles. The summed E-state index contributed by atoms with van der Waals surface area (Å²) in [4.78, 5) is 24.2. The lowest BCUT2D eigenvalue weighted by Gasteiger charge is -2.10. The first-order valence-electron chi connectivity index (χ1n) is 6.16. The third-order valence-electron chi connectivity index (χ3n) is 3.29. The maximum atomic E-state index is 12.4. The Balaban J connectivity index is 2.49. The van der Waals surface area contributed by atoms with E-state index in [-0.39, 0.29) is 16.5 Å². The third-order valence-corrected chi connectivity index (χ3v) is 3.29. The zero-order valence-electron chi connectivity index (χ0n) is 10.3. The van der Waals surface area contributed by atoms with Crippen molar-refractivity contribution in [3.63, 3.8) is 0 Å². The highest BCUT2D eigenvalue weighted by Gasteiger charge is 2.14. The maximum absolute atomic E-state index is 12.4. The molecule has 1 aromatic carbocycles. The first-order chi connectivity index (χ1) is 9.24. The van der Waals surface area contributed by atoms with Gasteiger partial charge >= 0.3 is 0 Å². The molecule has 0 amide bonds. The van der Waals surface area contributed by atoms with E-state index in [1.54, 1.807) is 4.57 Å². The number of aromatic amines is 2. The molecule has 0 aliphatic heterocycles. The molecule has 98 valence electrons. The van der Waals surface area contributed by atoms with Gasteiger partial charge in [0.1, 0.15) is 5.39 Å². The first-order valence-corrected chi connectivity index (χ1v) is 6.16. The summed E-state index contributed by atoms with van der Waals surface area (Å²) in [7, 11) is 0. The molecule has 6 heteroatoms. The van der Waals surface area contributed by atoms with Crippen molar-refractivity contribution < 1.29 is 0 Å². The van der Waals surface area contributed by atoms with E-state index in [0.717, 1.165) is 10.9 Å². The fourth-order valence-electron chi connectivity index (χ4n) is 2.40. The Morgan fingerprint density at radius 2 is 1.95 bits per heavy atom. The molecule has 0 saturated heterocycles. The van der Waals surface area contributed by atoms with Crippen LogP contribution in [0.5, 0.6) is 0 Å². The van der Waals surface area contributed by atoms with Crippen LogP contribution in [0.2, 0.25) is 0 Å². The number of nitrogens with zero attached hydrogens (tertiary/aromatic N) is 1. The van der Waals surface area contributed by atoms with Gasteiger partial charge < -0.3 is 10.3 Å². The van der Waals surface area contributed by atoms with Gasteiger partial charge in [-0.05, 0) is 19.0 Å². The number of para-hydroxylation sites is 1. The maximum Gasteiger partial charge on any atom is 0.277 e. The highest BCUT2D eigenvalue weighted by atomic mass is 16.1. The molecular weight excluding hydrogens is 244 g/mol. The van der Waals surface area contributed by atoms with Gasteiger partial charge in [-0.3, -0.25) is 19.8 Å². The molecule has 3 rings (SSSR count). The minimum Gasteiger partial charge on any atom is -0.330 e. The second-order valence-corrected chi connectivity index (χ2v) is 4.45. The van der Waals surface area contributed by atoms with Gasteiger partial charge in [-0.15, -0.1) is 0 Å². The molecule has 0 atom stereocenters. The van der Waals surface area contributed by atoms with Gasteiger partial charge in [0.25, 0.3) is 11.1 Å². The average Bonchev–Trinajstić information content (AvgIpc) is 2.81. The minimum absolute atomic E-state index is 0.177. The largest absolute Gasteiger partial charge is 0.330 e. The van der Waals surface area contributed by atoms with E-state index in [1.807, 2.05) is 24.3 Å². The fourth-order valence-corrected chi connectivity index (χ4v) is 2.40. The van der Waals surface area contributed by atoms with Gasteiger partial charge in [-0.2, -0.15) is 0 Å². The predicted molar refractivity (Wildman–Crippen MR) is 74.4 cm³/mol. The van der Waals surface area contributed by atoms with Crippen LogP contribution in [0.4, 0.5) is 0 Å². The summed E-state index contributed by atoms with van der Waals surface area (Å²) >= 11 is 0. The summed E-state index contributed by atoms with van der Waals surface area (Å²) in [5.41, 5.74) is 6.22. The van der Waals surface area contributed by atoms with Crippen LogP contribution in [0.3, 0.4) is 0 Å². The number of pyridine rings is 1. The summed E-state index contributed by atoms with van der Waals surface area (Å²) in [6.45, 7) is 1.01. The second-order valence-electron chi connectivity index (χ2n) is 4.45. The molecule has 0 aliphatic rings. The molecule has 3 aromatic rings. The van der Waals surface area contributed by atoms with Crippen molar-refractivity contribution in [3.05, 3.63) is 45.0 Å². The van der Waals surface area contributed by atoms with E-state index in [1.165, 1.54) is 0 Å². The summed E-state index contributed by atoms with van der Waals surface area (Å²) in [6, 6.07) is 7.51. The number of benzene rings is 1. The van der Waals surface area contributed by atoms with Crippen LogP contribution in [0, 0.1) is 0 Å². The highest BCUT2D eigenvalue weighted by molar-refractivity contribution is 6.02. The Hall–Kier alpha value is -2.34. The van der Waals surface area contributed by atoms with Crippen molar-refractivity contribution in [1.29, 1.82) is 0 Å². The number of aromatic nitrogens is 3. The molecule has 0 radical (unpaired) electrons. The smallest absolute Gasteiger partial charge is 0.277 e. The van der Waals surface area contributed by atoms with Gasteiger partial charge in [-0.25, -0.2) is 0 Å². The quantitative estimate of drug-likeness (QED) is 0.639. The molecular formula is C13H14N4O2. The lowest BCUT2D eigenvalue weighted by atomic mass is 10.1. The second kappa shape index (κ2) is 4.40. The number of aryl methyl sites for hydroxylation is 1. The minimum atomic E-state index is -0.382. The van der Waals surface area contributed by atoms with Crippen molar-refractivity contribution in [3.8, 4) is 0 Å². The molecule has 0 aliphatic carbocycles. The van der Waals surface area contributed by atoms with E-state index in [4.69, 9.17) is 5.73 Å². The molecule has 0 saturated carbocycles. The molecule has 2 aromatic heterocycles. The third kappa shape index (κ3) is 1.68. The molecule has 6 nitrogen and oxygen atoms in total. The van der Waals surface area contributed by atoms with Crippen LogP contribution in [0.1, 0.15) is 6.42 Å². The van der Waals surface area contributed by atoms with E-state index < -0.39 is 0 Å². The van der Waals surface area contributed by atoms with Gasteiger partial charge in [0.2, 0.25) is 0 Å². The zero-order chi connectivity index (χ0) is 13.4. The number of nitrogens with one attached hydrogen (secondary N) is 2. The lowest BCUT2D eigenvalue weighted by Crippen LogP contribution is -2.25. The van der Waals surface area contributed by atoms with Crippen molar-refractivity contribution >= 4 is 21.8 Å². The fraction of sp³-hybridized carbons (Fsp3) is 0.231. The topological polar surface area (TPSA) is 96.7 Å². The zero-order valence-corrected chi connectivity index (χ0v) is 10.3. The average molecular weight is 258 g/mol. The van der Waals surface area contributed by atoms with E-state index in [2.05, 4.69) is 10.2 Å². The SMILES string of the molecule is NCCCn1c(=O)c2c(=O)[nH][nH]c2c2ccccc21. The number of rotatable bonds is 3. The summed E-state index contributed by atoms with van der Waals surface area (Å²) < 4.78 is 1.62. The number of hydrogen-bond donors (Lipinski definition) is 3. The van der Waals surface area contributed by atoms with Crippen molar-refractivity contribution in [2.45, 2.75) is 13.0 Å². The Kier molecular flexibility index (Phi) is 2.72. The first kappa shape index (κ1) is 11.7. The lowest BCUT2D eigenvalue weighted by molar-refractivity contribution is 0.654. The Bertz CT molecular complexity index is 856. The van der Waals surface area contributed by atoms with Crippen LogP contribution in [-0.4, -0.2) is 21.3 Å². The van der Waals surface area contributed by atoms with Crippen molar-refractivity contribution in [2.24, 2.45) is 5.73 Å². The number of fused-ring (bicyclic) bond motifs is 3. The summed E-state index contributed by atoms with van der Waals surface area (Å²) in [6.07, 6.45) is 0.692. The van der Waals surface area contributed by atoms with E-state index >= 15 is 0 Å². The number of hydrogen-bond acceptors (Lipinski definition) is 3. The highest BCUT2D eigenvalue weighted by Crippen LogP contribution is 2.18. The van der Waals surface area contributed by atoms with Crippen LogP contribution in [-0.2, 0) is 6.54 Å². The molecule has 19 heavy (non-hydrogen) atoms. The van der Waals surface area contributed by atoms with Crippen molar-refractivity contribution in [1.82, 2.24) is 14.8 Å². The predicted octanol–water partition coefficient (Wildman–Crippen LogP) is 0.520. The van der Waals surface area contributed by atoms with Gasteiger partial charge in [0.15, 0.2) is 0 Å². The van der Waals surface area contributed by atoms with Gasteiger partial charge in [0.05, 0.1) is 11.0 Å². The van der Waals surface area contributed by atoms with Crippen LogP contribution >= 0.6 is 0 Å². The number of nitrogens with two attached hydrogens (primary N) is 1. The molecule has 0 spiro atoms. The van der Waals surface area contributed by atoms with E-state index in [0.29, 0.717) is 25.0 Å². The van der Waals surface area contributed by atoms with Crippen molar-refractivity contribution in [2.75, 3.05) is 6.54 Å². The molecule has 4 N–H and O–H groups in total. The molecule has 0 unspecified atom stereocenters. The van der Waals surface area contributed by atoms with Gasteiger partial charge in [-0.1, -0.05) is 18.2 Å². The van der Waals surface area contributed by atoms with Crippen LogP contribution < -0.4 is 16.9 Å². The van der Waals surface area contributed by atoms with Crippen LogP contribution in [0.25, 0.3) is 21.8 Å². The summed E-state index contributed by atoms with van der Waals surface area (Å²) in [5.74, 6) is 0. The molecule has 0 fully saturated rings. The normalized spacial score (nSPS) is 11.4.